The molecule has 0 aliphatic heterocycles. The van der Waals surface area contributed by atoms with Crippen molar-refractivity contribution in [3.05, 3.63) is 52.9 Å². The lowest BCUT2D eigenvalue weighted by molar-refractivity contribution is 0.234. The summed E-state index contributed by atoms with van der Waals surface area (Å²) in [6, 6.07) is 3.99. The fraction of sp³-hybridized carbons (Fsp3) is 0.333. The number of nitrogens with zero attached hydrogens (tertiary/aromatic N) is 1. The largest absolute Gasteiger partial charge is 0.359 e. The quantitative estimate of drug-likeness (QED) is 0.891. The third kappa shape index (κ3) is 4.03. The molecule has 118 valence electrons. The van der Waals surface area contributed by atoms with Gasteiger partial charge in [0.2, 0.25) is 0 Å². The second-order valence-corrected chi connectivity index (χ2v) is 4.89. The third-order valence-electron chi connectivity index (χ3n) is 3.15. The Kier molecular flexibility index (Phi) is 5.08. The number of hydrogen-bond donors (Lipinski definition) is 2. The predicted octanol–water partition coefficient (Wildman–Crippen LogP) is 3.21. The summed E-state index contributed by atoms with van der Waals surface area (Å²) in [5, 5.41) is 8.95. The van der Waals surface area contributed by atoms with Crippen molar-refractivity contribution in [3.63, 3.8) is 0 Å². The summed E-state index contributed by atoms with van der Waals surface area (Å²) in [5.41, 5.74) is 0.964. The van der Waals surface area contributed by atoms with Crippen molar-refractivity contribution < 1.29 is 18.1 Å². The van der Waals surface area contributed by atoms with E-state index in [4.69, 9.17) is 4.52 Å². The van der Waals surface area contributed by atoms with E-state index in [1.165, 1.54) is 6.07 Å². The minimum absolute atomic E-state index is 0.176. The number of carbonyl (C=O) groups is 1. The van der Waals surface area contributed by atoms with Gasteiger partial charge in [-0.1, -0.05) is 18.1 Å². The topological polar surface area (TPSA) is 67.2 Å². The Balaban J connectivity index is 1.95. The summed E-state index contributed by atoms with van der Waals surface area (Å²) < 4.78 is 31.7. The number of urea groups is 1. The van der Waals surface area contributed by atoms with Crippen molar-refractivity contribution in [2.24, 2.45) is 0 Å². The van der Waals surface area contributed by atoms with Crippen LogP contribution in [-0.2, 0) is 6.54 Å². The van der Waals surface area contributed by atoms with Gasteiger partial charge < -0.3 is 15.2 Å². The summed E-state index contributed by atoms with van der Waals surface area (Å²) in [6.45, 7) is 3.75. The number of benzene rings is 1. The van der Waals surface area contributed by atoms with Crippen LogP contribution in [0.5, 0.6) is 0 Å². The highest BCUT2D eigenvalue weighted by molar-refractivity contribution is 5.74. The molecule has 0 aliphatic rings. The maximum Gasteiger partial charge on any atom is 0.315 e. The molecule has 0 saturated heterocycles. The van der Waals surface area contributed by atoms with Gasteiger partial charge in [0.1, 0.15) is 11.6 Å². The fourth-order valence-corrected chi connectivity index (χ4v) is 2.06. The summed E-state index contributed by atoms with van der Waals surface area (Å²) >= 11 is 0. The summed E-state index contributed by atoms with van der Waals surface area (Å²) in [4.78, 5) is 11.9. The van der Waals surface area contributed by atoms with Crippen molar-refractivity contribution in [3.8, 4) is 0 Å². The third-order valence-corrected chi connectivity index (χ3v) is 3.15. The highest BCUT2D eigenvalue weighted by atomic mass is 19.1. The van der Waals surface area contributed by atoms with Crippen LogP contribution in [0, 0.1) is 18.6 Å². The van der Waals surface area contributed by atoms with Crippen LogP contribution in [0.4, 0.5) is 13.6 Å². The molecular formula is C15H17F2N3O2. The molecule has 2 amide bonds. The van der Waals surface area contributed by atoms with Gasteiger partial charge in [0.25, 0.3) is 0 Å². The second-order valence-electron chi connectivity index (χ2n) is 4.89. The van der Waals surface area contributed by atoms with E-state index < -0.39 is 23.7 Å². The van der Waals surface area contributed by atoms with E-state index >= 15 is 0 Å². The molecule has 2 aromatic rings. The van der Waals surface area contributed by atoms with E-state index in [1.54, 1.807) is 19.9 Å². The highest BCUT2D eigenvalue weighted by Gasteiger charge is 2.17. The summed E-state index contributed by atoms with van der Waals surface area (Å²) in [7, 11) is 0. The zero-order valence-electron chi connectivity index (χ0n) is 12.3. The molecule has 0 radical (unpaired) electrons. The molecule has 1 atom stereocenters. The van der Waals surface area contributed by atoms with Gasteiger partial charge in [-0.3, -0.25) is 0 Å². The van der Waals surface area contributed by atoms with Crippen molar-refractivity contribution in [1.82, 2.24) is 15.8 Å². The first-order valence-corrected chi connectivity index (χ1v) is 6.91. The Morgan fingerprint density at radius 2 is 2.14 bits per heavy atom. The number of aromatic nitrogens is 1. The minimum atomic E-state index is -0.682. The van der Waals surface area contributed by atoms with Crippen LogP contribution in [0.25, 0.3) is 0 Å². The Bertz CT molecular complexity index is 658. The number of hydrogen-bond acceptors (Lipinski definition) is 3. The van der Waals surface area contributed by atoms with Crippen molar-refractivity contribution >= 4 is 6.03 Å². The first-order valence-electron chi connectivity index (χ1n) is 6.91. The normalized spacial score (nSPS) is 12.0. The summed E-state index contributed by atoms with van der Waals surface area (Å²) in [6.07, 6.45) is 0.470. The van der Waals surface area contributed by atoms with Crippen LogP contribution >= 0.6 is 0 Å². The van der Waals surface area contributed by atoms with Crippen LogP contribution in [0.3, 0.4) is 0 Å². The molecule has 0 fully saturated rings. The number of nitrogens with one attached hydrogen (secondary N) is 2. The average molecular weight is 309 g/mol. The maximum absolute atomic E-state index is 13.8. The van der Waals surface area contributed by atoms with Crippen LogP contribution in [0.1, 0.15) is 36.4 Å². The van der Waals surface area contributed by atoms with E-state index in [0.717, 1.165) is 17.8 Å². The van der Waals surface area contributed by atoms with Crippen LogP contribution < -0.4 is 10.6 Å². The molecule has 2 N–H and O–H groups in total. The SMILES string of the molecule is CC[C@@H](NC(=O)NCc1cc(C)no1)c1ccc(F)cc1F. The molecule has 0 aliphatic carbocycles. The number of halogens is 2. The Hall–Kier alpha value is -2.44. The monoisotopic (exact) mass is 309 g/mol. The van der Waals surface area contributed by atoms with E-state index in [2.05, 4.69) is 15.8 Å². The van der Waals surface area contributed by atoms with Crippen molar-refractivity contribution in [2.75, 3.05) is 0 Å². The summed E-state index contributed by atoms with van der Waals surface area (Å²) in [5.74, 6) is -0.812. The molecule has 1 aromatic heterocycles. The van der Waals surface area contributed by atoms with Gasteiger partial charge in [-0.25, -0.2) is 13.6 Å². The number of carbonyl (C=O) groups excluding carboxylic acids is 1. The Labute approximate surface area is 126 Å². The minimum Gasteiger partial charge on any atom is -0.359 e. The number of aryl methyl sites for hydroxylation is 1. The van der Waals surface area contributed by atoms with E-state index in [1.807, 2.05) is 0 Å². The lowest BCUT2D eigenvalue weighted by Crippen LogP contribution is -2.37. The standard InChI is InChI=1S/C15H17F2N3O2/c1-3-14(12-5-4-10(16)7-13(12)17)19-15(21)18-8-11-6-9(2)20-22-11/h4-7,14H,3,8H2,1-2H3,(H2,18,19,21)/t14-/m1/s1. The molecular weight excluding hydrogens is 292 g/mol. The highest BCUT2D eigenvalue weighted by Crippen LogP contribution is 2.20. The molecule has 2 rings (SSSR count). The zero-order chi connectivity index (χ0) is 16.1. The molecule has 0 saturated carbocycles. The zero-order valence-corrected chi connectivity index (χ0v) is 12.3. The molecule has 5 nitrogen and oxygen atoms in total. The van der Waals surface area contributed by atoms with Gasteiger partial charge in [0.15, 0.2) is 5.76 Å². The van der Waals surface area contributed by atoms with E-state index in [0.29, 0.717) is 12.2 Å². The Morgan fingerprint density at radius 3 is 2.73 bits per heavy atom. The maximum atomic E-state index is 13.8. The van der Waals surface area contributed by atoms with Gasteiger partial charge in [-0.15, -0.1) is 0 Å². The van der Waals surface area contributed by atoms with Crippen LogP contribution in [0.15, 0.2) is 28.8 Å². The lowest BCUT2D eigenvalue weighted by Gasteiger charge is -2.18. The molecule has 0 spiro atoms. The fourth-order valence-electron chi connectivity index (χ4n) is 2.06. The number of amides is 2. The second kappa shape index (κ2) is 7.02. The van der Waals surface area contributed by atoms with Crippen LogP contribution in [-0.4, -0.2) is 11.2 Å². The predicted molar refractivity (Wildman–Crippen MR) is 76.0 cm³/mol. The van der Waals surface area contributed by atoms with E-state index in [-0.39, 0.29) is 12.1 Å². The Morgan fingerprint density at radius 1 is 1.36 bits per heavy atom. The molecule has 1 heterocycles. The molecule has 22 heavy (non-hydrogen) atoms. The van der Waals surface area contributed by atoms with Gasteiger partial charge in [0.05, 0.1) is 18.3 Å². The van der Waals surface area contributed by atoms with Gasteiger partial charge in [0, 0.05) is 17.7 Å². The molecule has 1 aromatic carbocycles. The van der Waals surface area contributed by atoms with Gasteiger partial charge in [-0.05, 0) is 19.4 Å². The first kappa shape index (κ1) is 15.9. The smallest absolute Gasteiger partial charge is 0.315 e. The van der Waals surface area contributed by atoms with Gasteiger partial charge in [-0.2, -0.15) is 0 Å². The average Bonchev–Trinajstić information content (AvgIpc) is 2.89. The van der Waals surface area contributed by atoms with Crippen molar-refractivity contribution in [1.29, 1.82) is 0 Å². The van der Waals surface area contributed by atoms with Crippen LogP contribution in [0.2, 0.25) is 0 Å². The van der Waals surface area contributed by atoms with E-state index in [9.17, 15) is 13.6 Å². The molecule has 7 heteroatoms. The molecule has 0 unspecified atom stereocenters. The number of rotatable bonds is 5. The lowest BCUT2D eigenvalue weighted by atomic mass is 10.0. The first-order chi connectivity index (χ1) is 10.5. The van der Waals surface area contributed by atoms with Gasteiger partial charge >= 0.3 is 6.03 Å². The van der Waals surface area contributed by atoms with Crippen molar-refractivity contribution in [2.45, 2.75) is 32.9 Å². The molecule has 0 bridgehead atoms.